The number of hydrogen-bond acceptors (Lipinski definition) is 3. The van der Waals surface area contributed by atoms with Crippen molar-refractivity contribution in [2.24, 2.45) is 5.73 Å². The summed E-state index contributed by atoms with van der Waals surface area (Å²) < 4.78 is 10.4. The van der Waals surface area contributed by atoms with Crippen LogP contribution in [0.25, 0.3) is 0 Å². The smallest absolute Gasteiger partial charge is 0.249 e. The summed E-state index contributed by atoms with van der Waals surface area (Å²) in [6, 6.07) is 3.83. The Morgan fingerprint density at radius 1 is 1.24 bits per heavy atom. The van der Waals surface area contributed by atoms with Crippen LogP contribution in [-0.2, 0) is 16.1 Å². The molecule has 0 saturated carbocycles. The second-order valence-corrected chi connectivity index (χ2v) is 3.93. The predicted molar refractivity (Wildman–Crippen MR) is 65.7 cm³/mol. The van der Waals surface area contributed by atoms with Gasteiger partial charge in [-0.05, 0) is 37.5 Å². The average molecular weight is 237 g/mol. The minimum absolute atomic E-state index is 0.284. The highest BCUT2D eigenvalue weighted by molar-refractivity contribution is 5.95. The summed E-state index contributed by atoms with van der Waals surface area (Å²) in [6.45, 7) is 7.06. The number of benzene rings is 1. The van der Waals surface area contributed by atoms with Crippen molar-refractivity contribution < 1.29 is 14.3 Å². The number of nitrogens with two attached hydrogens (primary N) is 1. The zero-order valence-electron chi connectivity index (χ0n) is 10.6. The van der Waals surface area contributed by atoms with E-state index >= 15 is 0 Å². The Bertz CT molecular complexity index is 379. The number of amides is 1. The molecule has 0 aliphatic carbocycles. The lowest BCUT2D eigenvalue weighted by Crippen LogP contribution is -2.15. The van der Waals surface area contributed by atoms with E-state index in [-0.39, 0.29) is 12.7 Å². The monoisotopic (exact) mass is 237 g/mol. The molecule has 94 valence electrons. The maximum absolute atomic E-state index is 11.2. The van der Waals surface area contributed by atoms with E-state index in [4.69, 9.17) is 15.2 Å². The lowest BCUT2D eigenvalue weighted by Gasteiger charge is -2.10. The van der Waals surface area contributed by atoms with E-state index in [1.807, 2.05) is 32.9 Å². The van der Waals surface area contributed by atoms with Crippen LogP contribution in [0.15, 0.2) is 12.1 Å². The third kappa shape index (κ3) is 3.84. The molecule has 1 amide bonds. The molecule has 1 aromatic carbocycles. The number of carbonyl (C=O) groups is 1. The van der Waals surface area contributed by atoms with Gasteiger partial charge in [-0.3, -0.25) is 4.79 Å². The van der Waals surface area contributed by atoms with E-state index in [1.165, 1.54) is 0 Å². The molecule has 0 radical (unpaired) electrons. The number of carbonyl (C=O) groups excluding carboxylic acids is 1. The maximum Gasteiger partial charge on any atom is 0.249 e. The van der Waals surface area contributed by atoms with Crippen molar-refractivity contribution in [3.63, 3.8) is 0 Å². The molecule has 0 fully saturated rings. The van der Waals surface area contributed by atoms with Crippen LogP contribution in [0.1, 0.15) is 34.0 Å². The first-order valence-electron chi connectivity index (χ1n) is 5.61. The molecule has 4 heteroatoms. The van der Waals surface area contributed by atoms with Gasteiger partial charge < -0.3 is 15.2 Å². The maximum atomic E-state index is 11.2. The number of rotatable bonds is 6. The highest BCUT2D eigenvalue weighted by Gasteiger charge is 2.09. The highest BCUT2D eigenvalue weighted by atomic mass is 16.7. The van der Waals surface area contributed by atoms with Crippen LogP contribution >= 0.6 is 0 Å². The highest BCUT2D eigenvalue weighted by Crippen LogP contribution is 2.16. The molecule has 0 bridgehead atoms. The van der Waals surface area contributed by atoms with Crippen LogP contribution in [0, 0.1) is 13.8 Å². The Morgan fingerprint density at radius 2 is 1.82 bits per heavy atom. The summed E-state index contributed by atoms with van der Waals surface area (Å²) in [4.78, 5) is 11.2. The third-order valence-corrected chi connectivity index (χ3v) is 2.48. The van der Waals surface area contributed by atoms with Gasteiger partial charge in [0, 0.05) is 12.2 Å². The van der Waals surface area contributed by atoms with Crippen LogP contribution in [0.3, 0.4) is 0 Å². The van der Waals surface area contributed by atoms with Crippen LogP contribution < -0.4 is 5.73 Å². The van der Waals surface area contributed by atoms with E-state index in [9.17, 15) is 4.79 Å². The zero-order chi connectivity index (χ0) is 12.8. The van der Waals surface area contributed by atoms with Crippen molar-refractivity contribution in [2.45, 2.75) is 27.4 Å². The fraction of sp³-hybridized carbons (Fsp3) is 0.462. The second-order valence-electron chi connectivity index (χ2n) is 3.93. The Hall–Kier alpha value is -1.39. The van der Waals surface area contributed by atoms with E-state index in [0.29, 0.717) is 18.8 Å². The average Bonchev–Trinajstić information content (AvgIpc) is 2.23. The van der Waals surface area contributed by atoms with Crippen molar-refractivity contribution in [1.82, 2.24) is 0 Å². The number of aryl methyl sites for hydroxylation is 2. The first kappa shape index (κ1) is 13.7. The minimum Gasteiger partial charge on any atom is -0.366 e. The van der Waals surface area contributed by atoms with E-state index in [0.717, 1.165) is 16.7 Å². The van der Waals surface area contributed by atoms with Gasteiger partial charge in [-0.15, -0.1) is 0 Å². The molecule has 1 aromatic rings. The Kier molecular flexibility index (Phi) is 5.12. The number of ether oxygens (including phenoxy) is 2. The van der Waals surface area contributed by atoms with Gasteiger partial charge in [0.15, 0.2) is 0 Å². The molecule has 17 heavy (non-hydrogen) atoms. The number of primary amides is 1. The lowest BCUT2D eigenvalue weighted by atomic mass is 9.99. The summed E-state index contributed by atoms with van der Waals surface area (Å²) in [6.07, 6.45) is 0. The molecule has 2 N–H and O–H groups in total. The van der Waals surface area contributed by atoms with Gasteiger partial charge >= 0.3 is 0 Å². The number of hydrogen-bond donors (Lipinski definition) is 1. The van der Waals surface area contributed by atoms with Crippen molar-refractivity contribution in [3.8, 4) is 0 Å². The first-order chi connectivity index (χ1) is 8.06. The summed E-state index contributed by atoms with van der Waals surface area (Å²) in [5.74, 6) is -0.387. The third-order valence-electron chi connectivity index (χ3n) is 2.48. The van der Waals surface area contributed by atoms with Gasteiger partial charge in [0.05, 0.1) is 6.61 Å². The zero-order valence-corrected chi connectivity index (χ0v) is 10.6. The molecular weight excluding hydrogens is 218 g/mol. The van der Waals surface area contributed by atoms with Gasteiger partial charge in [0.25, 0.3) is 0 Å². The van der Waals surface area contributed by atoms with Gasteiger partial charge in [0.1, 0.15) is 6.79 Å². The summed E-state index contributed by atoms with van der Waals surface area (Å²) in [7, 11) is 0. The van der Waals surface area contributed by atoms with E-state index in [1.54, 1.807) is 0 Å². The fourth-order valence-corrected chi connectivity index (χ4v) is 1.83. The van der Waals surface area contributed by atoms with Crippen molar-refractivity contribution >= 4 is 5.91 Å². The molecule has 0 aliphatic rings. The molecule has 0 spiro atoms. The van der Waals surface area contributed by atoms with Gasteiger partial charge in [-0.2, -0.15) is 0 Å². The summed E-state index contributed by atoms with van der Waals surface area (Å²) >= 11 is 0. The fourth-order valence-electron chi connectivity index (χ4n) is 1.83. The Morgan fingerprint density at radius 3 is 2.29 bits per heavy atom. The van der Waals surface area contributed by atoms with E-state index < -0.39 is 0 Å². The lowest BCUT2D eigenvalue weighted by molar-refractivity contribution is -0.0571. The molecule has 0 aromatic heterocycles. The Labute approximate surface area is 102 Å². The minimum atomic E-state index is -0.387. The molecule has 0 aliphatic heterocycles. The van der Waals surface area contributed by atoms with Crippen LogP contribution in [0.4, 0.5) is 0 Å². The van der Waals surface area contributed by atoms with Crippen LogP contribution in [0.2, 0.25) is 0 Å². The van der Waals surface area contributed by atoms with Crippen molar-refractivity contribution in [1.29, 1.82) is 0 Å². The predicted octanol–water partition coefficient (Wildman–Crippen LogP) is 1.91. The molecule has 0 atom stereocenters. The van der Waals surface area contributed by atoms with Crippen molar-refractivity contribution in [3.05, 3.63) is 34.4 Å². The first-order valence-corrected chi connectivity index (χ1v) is 5.61. The Balaban J connectivity index is 2.73. The van der Waals surface area contributed by atoms with Crippen molar-refractivity contribution in [2.75, 3.05) is 13.4 Å². The summed E-state index contributed by atoms with van der Waals surface area (Å²) in [5.41, 5.74) is 8.69. The van der Waals surface area contributed by atoms with Crippen LogP contribution in [0.5, 0.6) is 0 Å². The van der Waals surface area contributed by atoms with Crippen LogP contribution in [-0.4, -0.2) is 19.3 Å². The largest absolute Gasteiger partial charge is 0.366 e. The van der Waals surface area contributed by atoms with Gasteiger partial charge in [-0.1, -0.05) is 12.1 Å². The summed E-state index contributed by atoms with van der Waals surface area (Å²) in [5, 5.41) is 0. The molecule has 4 nitrogen and oxygen atoms in total. The normalized spacial score (nSPS) is 10.5. The molecule has 0 unspecified atom stereocenters. The molecule has 0 saturated heterocycles. The second kappa shape index (κ2) is 6.37. The van der Waals surface area contributed by atoms with E-state index in [2.05, 4.69) is 0 Å². The molecule has 0 heterocycles. The van der Waals surface area contributed by atoms with Gasteiger partial charge in [0.2, 0.25) is 5.91 Å². The SMILES string of the molecule is CCOCOCc1cc(C)c(C(N)=O)c(C)c1. The standard InChI is InChI=1S/C13H19NO3/c1-4-16-8-17-7-11-5-9(2)12(13(14)15)10(3)6-11/h5-6H,4,7-8H2,1-3H3,(H2,14,15). The topological polar surface area (TPSA) is 61.6 Å². The quantitative estimate of drug-likeness (QED) is 0.607. The molecule has 1 rings (SSSR count). The molecular formula is C13H19NO3. The van der Waals surface area contributed by atoms with Gasteiger partial charge in [-0.25, -0.2) is 0 Å².